The van der Waals surface area contributed by atoms with E-state index >= 15 is 0 Å². The van der Waals surface area contributed by atoms with Gasteiger partial charge in [-0.25, -0.2) is 0 Å². The van der Waals surface area contributed by atoms with E-state index in [9.17, 15) is 18.0 Å². The molecule has 5 nitrogen and oxygen atoms in total. The lowest BCUT2D eigenvalue weighted by molar-refractivity contribution is -0.159. The predicted octanol–water partition coefficient (Wildman–Crippen LogP) is 4.48. The van der Waals surface area contributed by atoms with Crippen LogP contribution in [0.25, 0.3) is 0 Å². The molecule has 2 aliphatic heterocycles. The average molecular weight is 448 g/mol. The summed E-state index contributed by atoms with van der Waals surface area (Å²) in [6, 6.07) is 14.6. The van der Waals surface area contributed by atoms with Crippen LogP contribution >= 0.6 is 0 Å². The Balaban J connectivity index is 1.37. The van der Waals surface area contributed by atoms with Gasteiger partial charge in [0.1, 0.15) is 0 Å². The second-order valence-corrected chi connectivity index (χ2v) is 8.41. The highest BCUT2D eigenvalue weighted by atomic mass is 19.4. The molecule has 0 aromatic heterocycles. The second kappa shape index (κ2) is 9.60. The molecule has 0 unspecified atom stereocenters. The molecular formula is C24H27F3N2O3. The van der Waals surface area contributed by atoms with Crippen LogP contribution in [0.2, 0.25) is 0 Å². The van der Waals surface area contributed by atoms with Crippen LogP contribution in [0.1, 0.15) is 30.4 Å². The quantitative estimate of drug-likeness (QED) is 0.708. The first kappa shape index (κ1) is 22.8. The maximum atomic E-state index is 12.9. The van der Waals surface area contributed by atoms with E-state index in [4.69, 9.17) is 9.47 Å². The molecule has 1 spiro atoms. The van der Waals surface area contributed by atoms with Gasteiger partial charge in [0.15, 0.2) is 0 Å². The number of hydrogen-bond acceptors (Lipinski definition) is 4. The number of amides is 1. The molecule has 2 aromatic rings. The maximum absolute atomic E-state index is 12.9. The van der Waals surface area contributed by atoms with E-state index in [-0.39, 0.29) is 29.8 Å². The molecule has 2 aliphatic rings. The minimum absolute atomic E-state index is 0.0809. The first-order chi connectivity index (χ1) is 15.3. The summed E-state index contributed by atoms with van der Waals surface area (Å²) in [5.41, 5.74) is 0.0836. The van der Waals surface area contributed by atoms with Gasteiger partial charge in [-0.3, -0.25) is 9.69 Å². The zero-order chi connectivity index (χ0) is 22.6. The summed E-state index contributed by atoms with van der Waals surface area (Å²) in [6.07, 6.45) is -1.96. The number of nitrogens with one attached hydrogen (secondary N) is 1. The lowest BCUT2D eigenvalue weighted by atomic mass is 9.85. The number of carbonyl (C=O) groups excluding carboxylic acids is 1. The van der Waals surface area contributed by atoms with Crippen LogP contribution in [0.3, 0.4) is 0 Å². The van der Waals surface area contributed by atoms with Crippen molar-refractivity contribution < 1.29 is 27.4 Å². The Morgan fingerprint density at radius 1 is 1.16 bits per heavy atom. The van der Waals surface area contributed by atoms with Gasteiger partial charge in [-0.05, 0) is 43.0 Å². The second-order valence-electron chi connectivity index (χ2n) is 8.41. The molecule has 0 saturated carbocycles. The largest absolute Gasteiger partial charge is 0.416 e. The molecule has 172 valence electrons. The molecule has 0 radical (unpaired) electrons. The van der Waals surface area contributed by atoms with Gasteiger partial charge in [-0.2, -0.15) is 13.2 Å². The summed E-state index contributed by atoms with van der Waals surface area (Å²) in [7, 11) is 0. The molecule has 0 bridgehead atoms. The van der Waals surface area contributed by atoms with Gasteiger partial charge in [0.25, 0.3) is 0 Å². The minimum Gasteiger partial charge on any atom is -0.372 e. The zero-order valence-electron chi connectivity index (χ0n) is 17.7. The van der Waals surface area contributed by atoms with E-state index in [0.29, 0.717) is 26.3 Å². The molecule has 1 amide bonds. The number of nitrogens with zero attached hydrogens (tertiary/aromatic N) is 1. The molecule has 2 fully saturated rings. The van der Waals surface area contributed by atoms with Crippen molar-refractivity contribution in [3.63, 3.8) is 0 Å². The van der Waals surface area contributed by atoms with Crippen LogP contribution in [-0.2, 0) is 27.1 Å². The summed E-state index contributed by atoms with van der Waals surface area (Å²) in [4.78, 5) is 14.5. The van der Waals surface area contributed by atoms with Gasteiger partial charge in [0.2, 0.25) is 5.91 Å². The number of piperidine rings is 1. The number of carbonyl (C=O) groups is 1. The lowest BCUT2D eigenvalue weighted by Gasteiger charge is -2.44. The fourth-order valence-corrected chi connectivity index (χ4v) is 4.47. The molecule has 2 saturated heterocycles. The van der Waals surface area contributed by atoms with Crippen molar-refractivity contribution >= 4 is 11.6 Å². The van der Waals surface area contributed by atoms with E-state index < -0.39 is 11.7 Å². The number of halogens is 3. The van der Waals surface area contributed by atoms with Crippen LogP contribution in [0, 0.1) is 0 Å². The van der Waals surface area contributed by atoms with E-state index in [1.807, 2.05) is 35.2 Å². The Hall–Kier alpha value is -2.42. The fourth-order valence-electron chi connectivity index (χ4n) is 4.47. The van der Waals surface area contributed by atoms with Crippen molar-refractivity contribution in [1.29, 1.82) is 0 Å². The first-order valence-electron chi connectivity index (χ1n) is 10.8. The molecule has 0 aliphatic carbocycles. The molecule has 2 atom stereocenters. The summed E-state index contributed by atoms with van der Waals surface area (Å²) < 4.78 is 51.1. The summed E-state index contributed by atoms with van der Waals surface area (Å²) in [6.45, 7) is 2.45. The van der Waals surface area contributed by atoms with Gasteiger partial charge in [-0.1, -0.05) is 36.4 Å². The van der Waals surface area contributed by atoms with Crippen molar-refractivity contribution in [2.24, 2.45) is 0 Å². The van der Waals surface area contributed by atoms with E-state index in [1.54, 1.807) is 0 Å². The molecular weight excluding hydrogens is 421 g/mol. The monoisotopic (exact) mass is 448 g/mol. The number of rotatable bonds is 6. The number of benzene rings is 2. The summed E-state index contributed by atoms with van der Waals surface area (Å²) >= 11 is 0. The van der Waals surface area contributed by atoms with Gasteiger partial charge in [0.05, 0.1) is 30.4 Å². The Morgan fingerprint density at radius 2 is 1.97 bits per heavy atom. The normalized spacial score (nSPS) is 24.0. The number of hydrogen-bond donors (Lipinski definition) is 1. The van der Waals surface area contributed by atoms with E-state index in [2.05, 4.69) is 5.32 Å². The predicted molar refractivity (Wildman–Crippen MR) is 114 cm³/mol. The Morgan fingerprint density at radius 3 is 2.69 bits per heavy atom. The van der Waals surface area contributed by atoms with Crippen LogP contribution in [-0.4, -0.2) is 48.8 Å². The highest BCUT2D eigenvalue weighted by molar-refractivity contribution is 5.92. The Kier molecular flexibility index (Phi) is 6.83. The molecule has 8 heteroatoms. The van der Waals surface area contributed by atoms with Crippen LogP contribution < -0.4 is 5.32 Å². The van der Waals surface area contributed by atoms with Gasteiger partial charge >= 0.3 is 6.18 Å². The number of likely N-dealkylation sites (tertiary alicyclic amines) is 1. The molecule has 4 rings (SSSR count). The van der Waals surface area contributed by atoms with Gasteiger partial charge in [0, 0.05) is 25.4 Å². The summed E-state index contributed by atoms with van der Waals surface area (Å²) in [5, 5.41) is 2.58. The van der Waals surface area contributed by atoms with Crippen molar-refractivity contribution in [3.05, 3.63) is 65.7 Å². The Labute approximate surface area is 185 Å². The third-order valence-corrected chi connectivity index (χ3v) is 6.13. The Bertz CT molecular complexity index is 914. The standard InChI is InChI=1S/C24H27F3N2O3/c25-24(26,27)19-8-4-9-20(14-19)28-22(30)16-29-12-11-23(10-5-13-32-23)21(15-29)31-17-18-6-2-1-3-7-18/h1-4,6-9,14,21H,5,10-13,15-17H2,(H,28,30)/t21-,23+/m0/s1. The van der Waals surface area contributed by atoms with Crippen LogP contribution in [0.4, 0.5) is 18.9 Å². The van der Waals surface area contributed by atoms with Crippen molar-refractivity contribution in [2.75, 3.05) is 31.6 Å². The average Bonchev–Trinajstić information content (AvgIpc) is 3.24. The molecule has 2 aromatic carbocycles. The topological polar surface area (TPSA) is 50.8 Å². The van der Waals surface area contributed by atoms with Gasteiger partial charge < -0.3 is 14.8 Å². The van der Waals surface area contributed by atoms with E-state index in [1.165, 1.54) is 12.1 Å². The third-order valence-electron chi connectivity index (χ3n) is 6.13. The zero-order valence-corrected chi connectivity index (χ0v) is 17.7. The maximum Gasteiger partial charge on any atom is 0.416 e. The minimum atomic E-state index is -4.45. The van der Waals surface area contributed by atoms with Crippen LogP contribution in [0.5, 0.6) is 0 Å². The first-order valence-corrected chi connectivity index (χ1v) is 10.8. The van der Waals surface area contributed by atoms with Crippen molar-refractivity contribution in [1.82, 2.24) is 4.90 Å². The van der Waals surface area contributed by atoms with Crippen LogP contribution in [0.15, 0.2) is 54.6 Å². The highest BCUT2D eigenvalue weighted by Gasteiger charge is 2.47. The highest BCUT2D eigenvalue weighted by Crippen LogP contribution is 2.38. The molecule has 32 heavy (non-hydrogen) atoms. The SMILES string of the molecule is O=C(CN1CC[C@]2(CCCO2)[C@@H](OCc2ccccc2)C1)Nc1cccc(C(F)(F)F)c1. The smallest absolute Gasteiger partial charge is 0.372 e. The molecule has 1 N–H and O–H groups in total. The van der Waals surface area contributed by atoms with Gasteiger partial charge in [-0.15, -0.1) is 0 Å². The fraction of sp³-hybridized carbons (Fsp3) is 0.458. The van der Waals surface area contributed by atoms with Crippen molar-refractivity contribution in [3.8, 4) is 0 Å². The summed E-state index contributed by atoms with van der Waals surface area (Å²) in [5.74, 6) is -0.352. The van der Waals surface area contributed by atoms with E-state index in [0.717, 1.165) is 37.0 Å². The third kappa shape index (κ3) is 5.49. The lowest BCUT2D eigenvalue weighted by Crippen LogP contribution is -2.57. The molecule has 2 heterocycles. The number of alkyl halides is 3. The number of anilines is 1. The van der Waals surface area contributed by atoms with Crippen molar-refractivity contribution in [2.45, 2.75) is 43.8 Å². The number of ether oxygens (including phenoxy) is 2.